The summed E-state index contributed by atoms with van der Waals surface area (Å²) >= 11 is 9.57. The van der Waals surface area contributed by atoms with Crippen LogP contribution in [0, 0.1) is 5.92 Å². The molecule has 2 unspecified atom stereocenters. The van der Waals surface area contributed by atoms with E-state index in [0.717, 1.165) is 21.1 Å². The molecular weight excluding hydrogens is 286 g/mol. The van der Waals surface area contributed by atoms with Gasteiger partial charge < -0.3 is 5.32 Å². The van der Waals surface area contributed by atoms with E-state index < -0.39 is 0 Å². The van der Waals surface area contributed by atoms with Gasteiger partial charge >= 0.3 is 0 Å². The monoisotopic (exact) mass is 301 g/mol. The van der Waals surface area contributed by atoms with Crippen LogP contribution >= 0.6 is 27.5 Å². The molecule has 88 valence electrons. The van der Waals surface area contributed by atoms with E-state index in [9.17, 15) is 0 Å². The Labute approximate surface area is 111 Å². The van der Waals surface area contributed by atoms with Gasteiger partial charge in [-0.3, -0.25) is 0 Å². The first-order valence-electron chi connectivity index (χ1n) is 5.88. The van der Waals surface area contributed by atoms with Gasteiger partial charge in [0, 0.05) is 15.5 Å². The summed E-state index contributed by atoms with van der Waals surface area (Å²) in [7, 11) is 0. The lowest BCUT2D eigenvalue weighted by Crippen LogP contribution is -2.30. The maximum Gasteiger partial charge on any atom is 0.0501 e. The summed E-state index contributed by atoms with van der Waals surface area (Å²) in [6.45, 7) is 2.33. The van der Waals surface area contributed by atoms with E-state index in [-0.39, 0.29) is 0 Å². The van der Waals surface area contributed by atoms with Crippen LogP contribution in [0.2, 0.25) is 5.02 Å². The van der Waals surface area contributed by atoms with E-state index in [4.69, 9.17) is 11.6 Å². The molecule has 1 N–H and O–H groups in total. The van der Waals surface area contributed by atoms with Gasteiger partial charge in [-0.1, -0.05) is 31.4 Å². The average Bonchev–Trinajstić information content (AvgIpc) is 2.27. The molecule has 16 heavy (non-hydrogen) atoms. The number of hydrogen-bond acceptors (Lipinski definition) is 1. The molecule has 3 heteroatoms. The molecule has 0 heterocycles. The van der Waals surface area contributed by atoms with Gasteiger partial charge in [0.1, 0.15) is 0 Å². The standard InChI is InChI=1S/C13H17BrClN/c1-9-4-2-3-5-12(9)16-13-8-10(15)6-7-11(13)14/h6-9,12,16H,2-5H2,1H3. The lowest BCUT2D eigenvalue weighted by Gasteiger charge is -2.30. The Hall–Kier alpha value is -0.210. The molecule has 0 saturated heterocycles. The smallest absolute Gasteiger partial charge is 0.0501 e. The lowest BCUT2D eigenvalue weighted by atomic mass is 9.86. The topological polar surface area (TPSA) is 12.0 Å². The third-order valence-corrected chi connectivity index (χ3v) is 4.31. The lowest BCUT2D eigenvalue weighted by molar-refractivity contribution is 0.349. The van der Waals surface area contributed by atoms with Gasteiger partial charge in [0.2, 0.25) is 0 Å². The van der Waals surface area contributed by atoms with Gasteiger partial charge in [0.25, 0.3) is 0 Å². The summed E-state index contributed by atoms with van der Waals surface area (Å²) in [5.41, 5.74) is 1.12. The second-order valence-corrected chi connectivity index (χ2v) is 5.93. The van der Waals surface area contributed by atoms with Gasteiger partial charge in [-0.15, -0.1) is 0 Å². The molecule has 1 aromatic rings. The third kappa shape index (κ3) is 2.92. The molecule has 1 aromatic carbocycles. The Morgan fingerprint density at radius 2 is 2.06 bits per heavy atom. The van der Waals surface area contributed by atoms with Gasteiger partial charge in [0.15, 0.2) is 0 Å². The van der Waals surface area contributed by atoms with Crippen LogP contribution in [0.4, 0.5) is 5.69 Å². The van der Waals surface area contributed by atoms with E-state index in [1.165, 1.54) is 25.7 Å². The van der Waals surface area contributed by atoms with E-state index >= 15 is 0 Å². The molecule has 1 nitrogen and oxygen atoms in total. The number of rotatable bonds is 2. The summed E-state index contributed by atoms with van der Waals surface area (Å²) < 4.78 is 1.09. The Bertz CT molecular complexity index is 367. The molecule has 0 spiro atoms. The second-order valence-electron chi connectivity index (χ2n) is 4.64. The van der Waals surface area contributed by atoms with Crippen molar-refractivity contribution >= 4 is 33.2 Å². The summed E-state index contributed by atoms with van der Waals surface area (Å²) in [5.74, 6) is 0.750. The largest absolute Gasteiger partial charge is 0.381 e. The number of hydrogen-bond donors (Lipinski definition) is 1. The molecule has 0 amide bonds. The number of anilines is 1. The molecule has 0 radical (unpaired) electrons. The first-order chi connectivity index (χ1) is 7.66. The fourth-order valence-electron chi connectivity index (χ4n) is 2.34. The molecule has 0 aromatic heterocycles. The van der Waals surface area contributed by atoms with Crippen LogP contribution < -0.4 is 5.32 Å². The third-order valence-electron chi connectivity index (χ3n) is 3.38. The van der Waals surface area contributed by atoms with E-state index in [1.807, 2.05) is 18.2 Å². The molecule has 1 fully saturated rings. The van der Waals surface area contributed by atoms with Crippen molar-refractivity contribution in [2.45, 2.75) is 38.6 Å². The van der Waals surface area contributed by atoms with Gasteiger partial charge in [-0.2, -0.15) is 0 Å². The zero-order chi connectivity index (χ0) is 11.5. The Morgan fingerprint density at radius 3 is 2.81 bits per heavy atom. The predicted octanol–water partition coefficient (Wildman–Crippen LogP) is 5.09. The van der Waals surface area contributed by atoms with Crippen LogP contribution in [0.1, 0.15) is 32.6 Å². The number of benzene rings is 1. The van der Waals surface area contributed by atoms with Crippen LogP contribution in [0.5, 0.6) is 0 Å². The van der Waals surface area contributed by atoms with E-state index in [2.05, 4.69) is 28.2 Å². The van der Waals surface area contributed by atoms with Crippen molar-refractivity contribution in [3.63, 3.8) is 0 Å². The minimum atomic E-state index is 0.587. The summed E-state index contributed by atoms with van der Waals surface area (Å²) in [4.78, 5) is 0. The van der Waals surface area contributed by atoms with Gasteiger partial charge in [-0.05, 0) is 52.9 Å². The molecule has 2 rings (SSSR count). The highest BCUT2D eigenvalue weighted by Crippen LogP contribution is 2.31. The first kappa shape index (κ1) is 12.3. The number of halogens is 2. The van der Waals surface area contributed by atoms with E-state index in [1.54, 1.807) is 0 Å². The fourth-order valence-corrected chi connectivity index (χ4v) is 2.87. The SMILES string of the molecule is CC1CCCCC1Nc1cc(Cl)ccc1Br. The zero-order valence-electron chi connectivity index (χ0n) is 9.47. The molecule has 1 saturated carbocycles. The van der Waals surface area contributed by atoms with Crippen molar-refractivity contribution in [1.29, 1.82) is 0 Å². The van der Waals surface area contributed by atoms with Crippen molar-refractivity contribution in [3.8, 4) is 0 Å². The molecular formula is C13H17BrClN. The molecule has 0 aliphatic heterocycles. The molecule has 0 bridgehead atoms. The number of nitrogens with one attached hydrogen (secondary N) is 1. The normalized spacial score (nSPS) is 25.4. The summed E-state index contributed by atoms with van der Waals surface area (Å²) in [6.07, 6.45) is 5.30. The highest BCUT2D eigenvalue weighted by atomic mass is 79.9. The second kappa shape index (κ2) is 5.42. The molecule has 2 atom stereocenters. The quantitative estimate of drug-likeness (QED) is 0.802. The maximum absolute atomic E-state index is 6.01. The minimum absolute atomic E-state index is 0.587. The van der Waals surface area contributed by atoms with Crippen molar-refractivity contribution in [1.82, 2.24) is 0 Å². The average molecular weight is 303 g/mol. The maximum atomic E-state index is 6.01. The van der Waals surface area contributed by atoms with Crippen molar-refractivity contribution in [2.75, 3.05) is 5.32 Å². The Balaban J connectivity index is 2.10. The molecule has 1 aliphatic carbocycles. The van der Waals surface area contributed by atoms with E-state index in [0.29, 0.717) is 6.04 Å². The molecule has 1 aliphatic rings. The van der Waals surface area contributed by atoms with Crippen molar-refractivity contribution in [3.05, 3.63) is 27.7 Å². The van der Waals surface area contributed by atoms with Crippen LogP contribution in [0.25, 0.3) is 0 Å². The van der Waals surface area contributed by atoms with Crippen LogP contribution in [-0.4, -0.2) is 6.04 Å². The zero-order valence-corrected chi connectivity index (χ0v) is 11.8. The highest BCUT2D eigenvalue weighted by Gasteiger charge is 2.21. The minimum Gasteiger partial charge on any atom is -0.381 e. The van der Waals surface area contributed by atoms with Crippen LogP contribution in [0.3, 0.4) is 0 Å². The van der Waals surface area contributed by atoms with Gasteiger partial charge in [0.05, 0.1) is 5.69 Å². The highest BCUT2D eigenvalue weighted by molar-refractivity contribution is 9.10. The van der Waals surface area contributed by atoms with Crippen LogP contribution in [0.15, 0.2) is 22.7 Å². The first-order valence-corrected chi connectivity index (χ1v) is 7.05. The van der Waals surface area contributed by atoms with Crippen LogP contribution in [-0.2, 0) is 0 Å². The Morgan fingerprint density at radius 1 is 1.31 bits per heavy atom. The van der Waals surface area contributed by atoms with Gasteiger partial charge in [-0.25, -0.2) is 0 Å². The van der Waals surface area contributed by atoms with Crippen molar-refractivity contribution < 1.29 is 0 Å². The van der Waals surface area contributed by atoms with Crippen molar-refractivity contribution in [2.24, 2.45) is 5.92 Å². The fraction of sp³-hybridized carbons (Fsp3) is 0.538. The summed E-state index contributed by atoms with van der Waals surface area (Å²) in [6, 6.07) is 6.48. The predicted molar refractivity (Wildman–Crippen MR) is 74.2 cm³/mol. The summed E-state index contributed by atoms with van der Waals surface area (Å²) in [5, 5.41) is 4.39. The Kier molecular flexibility index (Phi) is 4.15.